The second-order valence-electron chi connectivity index (χ2n) is 7.09. The Kier molecular flexibility index (Phi) is 6.08. The summed E-state index contributed by atoms with van der Waals surface area (Å²) in [6, 6.07) is 6.18. The number of amides is 2. The van der Waals surface area contributed by atoms with Crippen LogP contribution in [0.25, 0.3) is 0 Å². The number of hydrogen-bond donors (Lipinski definition) is 2. The number of rotatable bonds is 4. The van der Waals surface area contributed by atoms with Gasteiger partial charge in [0.2, 0.25) is 0 Å². The highest BCUT2D eigenvalue weighted by molar-refractivity contribution is 5.75. The summed E-state index contributed by atoms with van der Waals surface area (Å²) >= 11 is 0. The summed E-state index contributed by atoms with van der Waals surface area (Å²) in [6.45, 7) is 4.55. The Morgan fingerprint density at radius 3 is 2.26 bits per heavy atom. The lowest BCUT2D eigenvalue weighted by molar-refractivity contribution is -0.138. The van der Waals surface area contributed by atoms with Gasteiger partial charge in [0.25, 0.3) is 0 Å². The molecule has 1 aromatic carbocycles. The number of carbonyl (C=O) groups is 1. The van der Waals surface area contributed by atoms with E-state index >= 15 is 0 Å². The summed E-state index contributed by atoms with van der Waals surface area (Å²) in [4.78, 5) is 16.2. The third kappa shape index (κ3) is 5.67. The number of carbonyl (C=O) groups excluding carboxylic acids is 1. The van der Waals surface area contributed by atoms with E-state index < -0.39 is 36.0 Å². The molecule has 2 amide bonds. The average molecular weight is 383 g/mol. The maximum atomic E-state index is 13.4. The minimum absolute atomic E-state index is 0.331. The highest BCUT2D eigenvalue weighted by Crippen LogP contribution is 2.35. The monoisotopic (exact) mass is 383 g/mol. The van der Waals surface area contributed by atoms with Crippen molar-refractivity contribution in [1.82, 2.24) is 15.6 Å². The fourth-order valence-electron chi connectivity index (χ4n) is 2.50. The Morgan fingerprint density at radius 2 is 1.74 bits per heavy atom. The first-order chi connectivity index (χ1) is 12.5. The van der Waals surface area contributed by atoms with E-state index in [0.29, 0.717) is 11.1 Å². The Labute approximate surface area is 155 Å². The molecule has 1 heterocycles. The van der Waals surface area contributed by atoms with E-state index in [2.05, 4.69) is 15.6 Å². The van der Waals surface area contributed by atoms with Gasteiger partial charge in [-0.2, -0.15) is 13.2 Å². The normalized spacial score (nSPS) is 13.1. The molecule has 27 heavy (non-hydrogen) atoms. The Morgan fingerprint density at radius 1 is 1.11 bits per heavy atom. The molecular formula is C19H21F4N3O. The van der Waals surface area contributed by atoms with Crippen LogP contribution < -0.4 is 10.6 Å². The fraction of sp³-hybridized carbons (Fsp3) is 0.368. The molecule has 4 nitrogen and oxygen atoms in total. The third-order valence-corrected chi connectivity index (χ3v) is 3.65. The van der Waals surface area contributed by atoms with Crippen molar-refractivity contribution in [2.75, 3.05) is 0 Å². The molecule has 0 bridgehead atoms. The number of hydrogen-bond acceptors (Lipinski definition) is 2. The van der Waals surface area contributed by atoms with Gasteiger partial charge in [0, 0.05) is 11.7 Å². The Hall–Kier alpha value is -2.64. The topological polar surface area (TPSA) is 54.0 Å². The van der Waals surface area contributed by atoms with Crippen LogP contribution in [-0.4, -0.2) is 16.6 Å². The summed E-state index contributed by atoms with van der Waals surface area (Å²) in [5.74, 6) is 0. The largest absolute Gasteiger partial charge is 0.418 e. The molecule has 2 rings (SSSR count). The van der Waals surface area contributed by atoms with Crippen molar-refractivity contribution >= 4 is 6.03 Å². The molecule has 1 aromatic heterocycles. The summed E-state index contributed by atoms with van der Waals surface area (Å²) in [5, 5.41) is 5.20. The second kappa shape index (κ2) is 7.94. The molecule has 0 saturated carbocycles. The smallest absolute Gasteiger partial charge is 0.334 e. The van der Waals surface area contributed by atoms with Crippen LogP contribution >= 0.6 is 0 Å². The van der Waals surface area contributed by atoms with Crippen molar-refractivity contribution in [3.8, 4) is 0 Å². The predicted molar refractivity (Wildman–Crippen MR) is 93.8 cm³/mol. The van der Waals surface area contributed by atoms with Gasteiger partial charge in [0.1, 0.15) is 6.67 Å². The van der Waals surface area contributed by atoms with E-state index in [1.807, 2.05) is 0 Å². The van der Waals surface area contributed by atoms with Gasteiger partial charge in [-0.1, -0.05) is 24.3 Å². The SMILES string of the molecule is CC(C)(C)NC(=O)N[C@@H](c1ccc(CF)cc1)c1ncccc1C(F)(F)F. The van der Waals surface area contributed by atoms with Gasteiger partial charge in [-0.25, -0.2) is 9.18 Å². The zero-order chi connectivity index (χ0) is 20.2. The first-order valence-corrected chi connectivity index (χ1v) is 8.27. The highest BCUT2D eigenvalue weighted by Gasteiger charge is 2.37. The Bertz CT molecular complexity index is 783. The van der Waals surface area contributed by atoms with Crippen molar-refractivity contribution in [3.05, 3.63) is 65.0 Å². The van der Waals surface area contributed by atoms with E-state index in [1.54, 1.807) is 20.8 Å². The van der Waals surface area contributed by atoms with Crippen molar-refractivity contribution in [3.63, 3.8) is 0 Å². The zero-order valence-electron chi connectivity index (χ0n) is 15.2. The molecule has 0 unspecified atom stereocenters. The lowest BCUT2D eigenvalue weighted by Gasteiger charge is -2.26. The molecule has 2 aromatic rings. The molecule has 0 saturated heterocycles. The maximum absolute atomic E-state index is 13.4. The molecule has 2 N–H and O–H groups in total. The number of alkyl halides is 4. The zero-order valence-corrected chi connectivity index (χ0v) is 15.2. The van der Waals surface area contributed by atoms with E-state index in [1.165, 1.54) is 36.5 Å². The third-order valence-electron chi connectivity index (χ3n) is 3.65. The van der Waals surface area contributed by atoms with E-state index in [0.717, 1.165) is 6.07 Å². The van der Waals surface area contributed by atoms with Crippen molar-refractivity contribution in [2.24, 2.45) is 0 Å². The van der Waals surface area contributed by atoms with E-state index in [4.69, 9.17) is 0 Å². The van der Waals surface area contributed by atoms with Crippen molar-refractivity contribution in [1.29, 1.82) is 0 Å². The molecule has 0 spiro atoms. The highest BCUT2D eigenvalue weighted by atomic mass is 19.4. The molecule has 0 fully saturated rings. The summed E-state index contributed by atoms with van der Waals surface area (Å²) in [7, 11) is 0. The molecule has 146 valence electrons. The minimum Gasteiger partial charge on any atom is -0.334 e. The van der Waals surface area contributed by atoms with Crippen LogP contribution in [0.1, 0.15) is 49.2 Å². The number of nitrogens with one attached hydrogen (secondary N) is 2. The van der Waals surface area contributed by atoms with Crippen LogP contribution in [0, 0.1) is 0 Å². The first-order valence-electron chi connectivity index (χ1n) is 8.27. The molecule has 0 aliphatic rings. The molecular weight excluding hydrogens is 362 g/mol. The van der Waals surface area contributed by atoms with Crippen LogP contribution in [-0.2, 0) is 12.9 Å². The number of pyridine rings is 1. The number of halogens is 4. The standard InChI is InChI=1S/C19H21F4N3O/c1-18(2,3)26-17(27)25-15(13-8-6-12(11-20)7-9-13)16-14(19(21,22)23)5-4-10-24-16/h4-10,15H,11H2,1-3H3,(H2,25,26,27)/t15-/m0/s1. The van der Waals surface area contributed by atoms with Crippen LogP contribution in [0.2, 0.25) is 0 Å². The summed E-state index contributed by atoms with van der Waals surface area (Å²) in [6.07, 6.45) is -3.40. The maximum Gasteiger partial charge on any atom is 0.418 e. The van der Waals surface area contributed by atoms with Gasteiger partial charge in [-0.3, -0.25) is 4.98 Å². The van der Waals surface area contributed by atoms with E-state index in [9.17, 15) is 22.4 Å². The molecule has 0 aliphatic heterocycles. The van der Waals surface area contributed by atoms with Crippen LogP contribution in [0.5, 0.6) is 0 Å². The van der Waals surface area contributed by atoms with Gasteiger partial charge in [0.15, 0.2) is 0 Å². The van der Waals surface area contributed by atoms with E-state index in [-0.39, 0.29) is 5.69 Å². The summed E-state index contributed by atoms with van der Waals surface area (Å²) in [5.41, 5.74) is -1.11. The average Bonchev–Trinajstić information content (AvgIpc) is 2.57. The van der Waals surface area contributed by atoms with Crippen LogP contribution in [0.15, 0.2) is 42.6 Å². The predicted octanol–water partition coefficient (Wildman–Crippen LogP) is 4.76. The molecule has 8 heteroatoms. The minimum atomic E-state index is -4.64. The number of benzene rings is 1. The van der Waals surface area contributed by atoms with Gasteiger partial charge in [-0.15, -0.1) is 0 Å². The van der Waals surface area contributed by atoms with Crippen LogP contribution in [0.3, 0.4) is 0 Å². The quantitative estimate of drug-likeness (QED) is 0.748. The lowest BCUT2D eigenvalue weighted by Crippen LogP contribution is -2.47. The summed E-state index contributed by atoms with van der Waals surface area (Å²) < 4.78 is 53.1. The first kappa shape index (κ1) is 20.7. The molecule has 1 atom stereocenters. The van der Waals surface area contributed by atoms with Gasteiger partial charge in [-0.05, 0) is 44.0 Å². The fourth-order valence-corrected chi connectivity index (χ4v) is 2.50. The molecule has 0 aliphatic carbocycles. The number of urea groups is 1. The second-order valence-corrected chi connectivity index (χ2v) is 7.09. The van der Waals surface area contributed by atoms with Gasteiger partial charge >= 0.3 is 12.2 Å². The number of nitrogens with zero attached hydrogens (tertiary/aromatic N) is 1. The van der Waals surface area contributed by atoms with Crippen LogP contribution in [0.4, 0.5) is 22.4 Å². The Balaban J connectivity index is 2.48. The van der Waals surface area contributed by atoms with Gasteiger partial charge in [0.05, 0.1) is 17.3 Å². The van der Waals surface area contributed by atoms with Gasteiger partial charge < -0.3 is 10.6 Å². The number of aromatic nitrogens is 1. The molecule has 0 radical (unpaired) electrons. The van der Waals surface area contributed by atoms with Crippen molar-refractivity contribution < 1.29 is 22.4 Å². The lowest BCUT2D eigenvalue weighted by atomic mass is 9.98. The van der Waals surface area contributed by atoms with Crippen molar-refractivity contribution in [2.45, 2.75) is 45.2 Å².